The van der Waals surface area contributed by atoms with Gasteiger partial charge in [-0.15, -0.1) is 0 Å². The van der Waals surface area contributed by atoms with E-state index in [-0.39, 0.29) is 18.0 Å². The van der Waals surface area contributed by atoms with Crippen LogP contribution in [0.2, 0.25) is 5.02 Å². The molecule has 1 heterocycles. The average molecular weight is 437 g/mol. The van der Waals surface area contributed by atoms with E-state index in [1.54, 1.807) is 7.11 Å². The summed E-state index contributed by atoms with van der Waals surface area (Å²) in [5.41, 5.74) is 13.1. The lowest BCUT2D eigenvalue weighted by Crippen LogP contribution is -2.32. The predicted molar refractivity (Wildman–Crippen MR) is 127 cm³/mol. The van der Waals surface area contributed by atoms with Gasteiger partial charge >= 0.3 is 0 Å². The highest BCUT2D eigenvalue weighted by Gasteiger charge is 2.28. The van der Waals surface area contributed by atoms with Gasteiger partial charge in [0.1, 0.15) is 11.6 Å². The van der Waals surface area contributed by atoms with Crippen LogP contribution in [-0.2, 0) is 0 Å². The molecular weight excluding hydrogens is 412 g/mol. The molecule has 160 valence electrons. The second-order valence-electron chi connectivity index (χ2n) is 7.50. The van der Waals surface area contributed by atoms with Crippen molar-refractivity contribution in [1.29, 1.82) is 0 Å². The Balaban J connectivity index is 1.70. The molecule has 0 unspecified atom stereocenters. The van der Waals surface area contributed by atoms with Crippen LogP contribution < -0.4 is 21.5 Å². The van der Waals surface area contributed by atoms with Crippen molar-refractivity contribution in [3.05, 3.63) is 58.9 Å². The Morgan fingerprint density at radius 2 is 1.94 bits per heavy atom. The summed E-state index contributed by atoms with van der Waals surface area (Å²) in [5, 5.41) is 5.15. The fourth-order valence-corrected chi connectivity index (χ4v) is 3.94. The number of hydrogen-bond donors (Lipinski definition) is 3. The zero-order chi connectivity index (χ0) is 21.8. The summed E-state index contributed by atoms with van der Waals surface area (Å²) in [6.45, 7) is 0. The van der Waals surface area contributed by atoms with E-state index < -0.39 is 0 Å². The Morgan fingerprint density at radius 3 is 2.68 bits per heavy atom. The third kappa shape index (κ3) is 5.06. The van der Waals surface area contributed by atoms with Crippen molar-refractivity contribution < 1.29 is 4.74 Å². The molecule has 31 heavy (non-hydrogen) atoms. The number of nitrogens with two attached hydrogens (primary N) is 2. The third-order valence-electron chi connectivity index (χ3n) is 5.33. The second kappa shape index (κ2) is 9.22. The number of guanidine groups is 1. The molecule has 0 spiro atoms. The largest absolute Gasteiger partial charge is 0.497 e. The molecule has 0 aliphatic heterocycles. The highest BCUT2D eigenvalue weighted by Crippen LogP contribution is 2.30. The van der Waals surface area contributed by atoms with E-state index in [0.717, 1.165) is 47.3 Å². The minimum absolute atomic E-state index is 0.0219. The molecule has 0 amide bonds. The van der Waals surface area contributed by atoms with Gasteiger partial charge in [-0.1, -0.05) is 29.8 Å². The predicted octanol–water partition coefficient (Wildman–Crippen LogP) is 4.07. The molecule has 1 aromatic heterocycles. The van der Waals surface area contributed by atoms with Gasteiger partial charge in [0.15, 0.2) is 11.8 Å². The lowest BCUT2D eigenvalue weighted by atomic mass is 10.1. The van der Waals surface area contributed by atoms with Gasteiger partial charge in [0.2, 0.25) is 0 Å². The van der Waals surface area contributed by atoms with Crippen molar-refractivity contribution in [1.82, 2.24) is 9.97 Å². The highest BCUT2D eigenvalue weighted by atomic mass is 35.5. The van der Waals surface area contributed by atoms with Crippen LogP contribution in [0, 0.1) is 0 Å². The van der Waals surface area contributed by atoms with E-state index in [1.165, 1.54) is 0 Å². The maximum absolute atomic E-state index is 5.97. The van der Waals surface area contributed by atoms with E-state index in [9.17, 15) is 0 Å². The number of aromatic nitrogens is 2. The molecule has 1 fully saturated rings. The number of anilines is 1. The fourth-order valence-electron chi connectivity index (χ4n) is 3.81. The normalized spacial score (nSPS) is 18.4. The number of ether oxygens (including phenoxy) is 1. The summed E-state index contributed by atoms with van der Waals surface area (Å²) in [6.07, 6.45) is 6.80. The number of nitrogens with one attached hydrogen (secondary N) is 1. The van der Waals surface area contributed by atoms with Gasteiger partial charge in [-0.05, 0) is 61.2 Å². The molecule has 0 bridgehead atoms. The Labute approximate surface area is 186 Å². The van der Waals surface area contributed by atoms with Crippen molar-refractivity contribution in [3.63, 3.8) is 0 Å². The average Bonchev–Trinajstić information content (AvgIpc) is 3.19. The third-order valence-corrected chi connectivity index (χ3v) is 5.58. The molecule has 0 radical (unpaired) electrons. The highest BCUT2D eigenvalue weighted by molar-refractivity contribution is 6.30. The molecular formula is C23H25ClN6O. The van der Waals surface area contributed by atoms with E-state index in [1.807, 2.05) is 54.6 Å². The van der Waals surface area contributed by atoms with Crippen molar-refractivity contribution in [2.75, 3.05) is 12.4 Å². The molecule has 2 aromatic carbocycles. The molecule has 1 saturated carbocycles. The summed E-state index contributed by atoms with van der Waals surface area (Å²) in [4.78, 5) is 13.9. The first kappa shape index (κ1) is 20.9. The van der Waals surface area contributed by atoms with Crippen LogP contribution in [0.3, 0.4) is 0 Å². The first-order valence-electron chi connectivity index (χ1n) is 10.2. The van der Waals surface area contributed by atoms with E-state index in [2.05, 4.69) is 10.3 Å². The van der Waals surface area contributed by atoms with Crippen LogP contribution in [0.5, 0.6) is 5.75 Å². The van der Waals surface area contributed by atoms with Crippen LogP contribution in [0.1, 0.15) is 30.7 Å². The first-order chi connectivity index (χ1) is 15.0. The summed E-state index contributed by atoms with van der Waals surface area (Å²) < 4.78 is 5.40. The number of aliphatic imine (C=N–C) groups is 1. The maximum atomic E-state index is 5.97. The van der Waals surface area contributed by atoms with Crippen molar-refractivity contribution in [2.24, 2.45) is 16.5 Å². The molecule has 2 atom stereocenters. The van der Waals surface area contributed by atoms with Crippen molar-refractivity contribution in [3.8, 4) is 5.75 Å². The summed E-state index contributed by atoms with van der Waals surface area (Å²) in [7, 11) is 1.64. The standard InChI is InChI=1S/C23H25ClN6O/c1-31-16-10-11-18-17(13-16)22(28-19-3-2-4-20(19)29-23(25)26)30-21(27-18)12-7-14-5-8-15(24)9-6-14/h5-13,19-20H,2-4H2,1H3,(H4,25,26,29)(H,27,28,30)/b12-7+/t19-,20+/m0/s1. The van der Waals surface area contributed by atoms with E-state index in [0.29, 0.717) is 10.8 Å². The van der Waals surface area contributed by atoms with Crippen LogP contribution in [0.4, 0.5) is 5.82 Å². The minimum atomic E-state index is 0.0219. The van der Waals surface area contributed by atoms with Gasteiger partial charge in [-0.2, -0.15) is 0 Å². The van der Waals surface area contributed by atoms with Crippen molar-refractivity contribution >= 4 is 46.4 Å². The van der Waals surface area contributed by atoms with Crippen LogP contribution in [0.25, 0.3) is 23.1 Å². The Hall–Kier alpha value is -3.32. The number of halogens is 1. The molecule has 8 heteroatoms. The van der Waals surface area contributed by atoms with Crippen LogP contribution in [-0.4, -0.2) is 35.1 Å². The molecule has 3 aromatic rings. The Bertz CT molecular complexity index is 1120. The number of benzene rings is 2. The summed E-state index contributed by atoms with van der Waals surface area (Å²) in [6, 6.07) is 13.5. The van der Waals surface area contributed by atoms with Gasteiger partial charge in [-0.3, -0.25) is 0 Å². The SMILES string of the molecule is COc1ccc2nc(/C=C/c3ccc(Cl)cc3)nc(N[C@H]3CCC[C@H]3N=C(N)N)c2c1. The Morgan fingerprint density at radius 1 is 1.13 bits per heavy atom. The van der Waals surface area contributed by atoms with E-state index >= 15 is 0 Å². The summed E-state index contributed by atoms with van der Waals surface area (Å²) >= 11 is 5.97. The minimum Gasteiger partial charge on any atom is -0.497 e. The second-order valence-corrected chi connectivity index (χ2v) is 7.94. The van der Waals surface area contributed by atoms with Crippen LogP contribution >= 0.6 is 11.6 Å². The lowest BCUT2D eigenvalue weighted by Gasteiger charge is -2.20. The maximum Gasteiger partial charge on any atom is 0.186 e. The monoisotopic (exact) mass is 436 g/mol. The lowest BCUT2D eigenvalue weighted by molar-refractivity contribution is 0.415. The Kier molecular flexibility index (Phi) is 6.23. The van der Waals surface area contributed by atoms with Gasteiger partial charge in [0.05, 0.1) is 24.7 Å². The number of rotatable bonds is 6. The molecule has 5 N–H and O–H groups in total. The van der Waals surface area contributed by atoms with Gasteiger partial charge in [-0.25, -0.2) is 15.0 Å². The molecule has 7 nitrogen and oxygen atoms in total. The zero-order valence-corrected chi connectivity index (χ0v) is 18.0. The topological polar surface area (TPSA) is 111 Å². The van der Waals surface area contributed by atoms with Crippen LogP contribution in [0.15, 0.2) is 47.5 Å². The van der Waals surface area contributed by atoms with E-state index in [4.69, 9.17) is 37.8 Å². The quantitative estimate of drug-likeness (QED) is 0.396. The first-order valence-corrected chi connectivity index (χ1v) is 10.5. The number of fused-ring (bicyclic) bond motifs is 1. The molecule has 4 rings (SSSR count). The number of hydrogen-bond acceptors (Lipinski definition) is 5. The van der Waals surface area contributed by atoms with Crippen molar-refractivity contribution in [2.45, 2.75) is 31.3 Å². The molecule has 1 aliphatic rings. The number of methoxy groups -OCH3 is 1. The smallest absolute Gasteiger partial charge is 0.186 e. The zero-order valence-electron chi connectivity index (χ0n) is 17.3. The molecule has 1 aliphatic carbocycles. The molecule has 0 saturated heterocycles. The van der Waals surface area contributed by atoms with Gasteiger partial charge in [0.25, 0.3) is 0 Å². The number of nitrogens with zero attached hydrogens (tertiary/aromatic N) is 3. The van der Waals surface area contributed by atoms with Gasteiger partial charge < -0.3 is 21.5 Å². The fraction of sp³-hybridized carbons (Fsp3) is 0.261. The summed E-state index contributed by atoms with van der Waals surface area (Å²) in [5.74, 6) is 2.20. The van der Waals surface area contributed by atoms with Gasteiger partial charge in [0, 0.05) is 10.4 Å².